The normalized spacial score (nSPS) is 17.3. The molecule has 4 heterocycles. The van der Waals surface area contributed by atoms with Crippen LogP contribution in [0, 0.1) is 5.92 Å². The molecule has 57 heavy (non-hydrogen) atoms. The van der Waals surface area contributed by atoms with Gasteiger partial charge in [-0.2, -0.15) is 0 Å². The molecule has 0 spiro atoms. The Bertz CT molecular complexity index is 2510. The van der Waals surface area contributed by atoms with Crippen LogP contribution in [0.2, 0.25) is 0 Å². The van der Waals surface area contributed by atoms with Gasteiger partial charge in [0, 0.05) is 18.7 Å². The highest BCUT2D eigenvalue weighted by Gasteiger charge is 2.38. The number of hydrogen-bond donors (Lipinski definition) is 3. The van der Waals surface area contributed by atoms with E-state index in [0.29, 0.717) is 42.1 Å². The molecular formula is C44H45N7O6. The van der Waals surface area contributed by atoms with Crippen LogP contribution in [0.3, 0.4) is 0 Å². The van der Waals surface area contributed by atoms with Crippen molar-refractivity contribution in [1.82, 2.24) is 35.1 Å². The first-order chi connectivity index (χ1) is 27.7. The minimum Gasteiger partial charge on any atom is -0.453 e. The standard InChI is InChI=1S/C44H45N7O6/c1-26(2)38(48-43(54)56-3)42(53)50-19-7-11-36(50)39-45-24-35(47-39)32-16-15-28-21-29(13-14-30(28)22-32)31-17-18-33-34(23-31)46-40(49-41(33)52)37-12-8-20-51(37)44(55)57-25-27-9-5-4-6-10-27/h4-6,9-10,13-18,21-24,26,36-38H,7-8,11-12,19-20,25H2,1-3H3,(H,45,47)(H,48,54)(H,46,49,52)/t36-,37-,38-/m0/s1. The quantitative estimate of drug-likeness (QED) is 0.135. The number of ether oxygens (including phenoxy) is 2. The molecular weight excluding hydrogens is 723 g/mol. The molecule has 3 N–H and O–H groups in total. The summed E-state index contributed by atoms with van der Waals surface area (Å²) >= 11 is 0. The summed E-state index contributed by atoms with van der Waals surface area (Å²) in [4.78, 5) is 71.4. The van der Waals surface area contributed by atoms with E-state index < -0.39 is 18.2 Å². The van der Waals surface area contributed by atoms with Gasteiger partial charge < -0.3 is 29.7 Å². The van der Waals surface area contributed by atoms with Gasteiger partial charge in [0.05, 0.1) is 42.0 Å². The Morgan fingerprint density at radius 3 is 2.23 bits per heavy atom. The van der Waals surface area contributed by atoms with Crippen LogP contribution < -0.4 is 10.9 Å². The van der Waals surface area contributed by atoms with Crippen LogP contribution in [0.5, 0.6) is 0 Å². The summed E-state index contributed by atoms with van der Waals surface area (Å²) in [6.45, 7) is 5.08. The summed E-state index contributed by atoms with van der Waals surface area (Å²) in [5.74, 6) is 0.900. The number of nitrogens with zero attached hydrogens (tertiary/aromatic N) is 4. The molecule has 2 saturated heterocycles. The Hall–Kier alpha value is -6.50. The molecule has 0 unspecified atom stereocenters. The predicted molar refractivity (Wildman–Crippen MR) is 216 cm³/mol. The van der Waals surface area contributed by atoms with Crippen molar-refractivity contribution < 1.29 is 23.9 Å². The largest absolute Gasteiger partial charge is 0.453 e. The number of nitrogens with one attached hydrogen (secondary N) is 3. The van der Waals surface area contributed by atoms with Crippen LogP contribution in [0.15, 0.2) is 95.9 Å². The molecule has 0 saturated carbocycles. The van der Waals surface area contributed by atoms with Gasteiger partial charge in [-0.15, -0.1) is 0 Å². The van der Waals surface area contributed by atoms with Gasteiger partial charge in [-0.3, -0.25) is 14.5 Å². The second kappa shape index (κ2) is 15.9. The number of fused-ring (bicyclic) bond motifs is 2. The van der Waals surface area contributed by atoms with E-state index in [9.17, 15) is 19.2 Å². The van der Waals surface area contributed by atoms with Crippen LogP contribution in [0.25, 0.3) is 44.1 Å². The molecule has 292 valence electrons. The molecule has 2 fully saturated rings. The third kappa shape index (κ3) is 7.69. The average molecular weight is 768 g/mol. The summed E-state index contributed by atoms with van der Waals surface area (Å²) < 4.78 is 10.4. The molecule has 2 aliphatic heterocycles. The smallest absolute Gasteiger partial charge is 0.410 e. The maximum Gasteiger partial charge on any atom is 0.410 e. The van der Waals surface area contributed by atoms with Crippen LogP contribution >= 0.6 is 0 Å². The number of rotatable bonds is 9. The van der Waals surface area contributed by atoms with Crippen LogP contribution in [0.4, 0.5) is 9.59 Å². The third-order valence-corrected chi connectivity index (χ3v) is 11.1. The second-order valence-electron chi connectivity index (χ2n) is 15.1. The van der Waals surface area contributed by atoms with E-state index in [-0.39, 0.29) is 36.1 Å². The van der Waals surface area contributed by atoms with Crippen molar-refractivity contribution in [2.45, 2.75) is 64.3 Å². The second-order valence-corrected chi connectivity index (χ2v) is 15.1. The lowest BCUT2D eigenvalue weighted by molar-refractivity contribution is -0.135. The van der Waals surface area contributed by atoms with E-state index in [1.165, 1.54) is 7.11 Å². The van der Waals surface area contributed by atoms with Crippen molar-refractivity contribution in [1.29, 1.82) is 0 Å². The Labute approximate surface area is 329 Å². The highest BCUT2D eigenvalue weighted by molar-refractivity contribution is 5.92. The fourth-order valence-corrected chi connectivity index (χ4v) is 8.01. The van der Waals surface area contributed by atoms with E-state index in [1.54, 1.807) is 22.1 Å². The van der Waals surface area contributed by atoms with Gasteiger partial charge in [-0.05, 0) is 83.3 Å². The first kappa shape index (κ1) is 37.4. The van der Waals surface area contributed by atoms with Crippen molar-refractivity contribution in [3.8, 4) is 22.4 Å². The number of carbonyl (C=O) groups is 3. The van der Waals surface area contributed by atoms with Crippen LogP contribution in [0.1, 0.15) is 68.8 Å². The molecule has 13 heteroatoms. The molecule has 8 rings (SSSR count). The van der Waals surface area contributed by atoms with Gasteiger partial charge in [-0.25, -0.2) is 19.6 Å². The topological polar surface area (TPSA) is 163 Å². The van der Waals surface area contributed by atoms with Crippen molar-refractivity contribution >= 4 is 39.8 Å². The summed E-state index contributed by atoms with van der Waals surface area (Å²) in [7, 11) is 1.29. The molecule has 3 atom stereocenters. The van der Waals surface area contributed by atoms with Gasteiger partial charge in [0.1, 0.15) is 24.3 Å². The zero-order valence-electron chi connectivity index (χ0n) is 32.2. The van der Waals surface area contributed by atoms with Gasteiger partial charge in [0.2, 0.25) is 5.91 Å². The first-order valence-electron chi connectivity index (χ1n) is 19.4. The number of hydrogen-bond acceptors (Lipinski definition) is 8. The van der Waals surface area contributed by atoms with Crippen LogP contribution in [-0.4, -0.2) is 74.1 Å². The SMILES string of the molecule is COC(=O)N[C@H](C(=O)N1CCC[C@H]1c1ncc(-c2ccc3cc(-c4ccc5c(=O)[nH]c([C@@H]6CCCN6C(=O)OCc6ccccc6)nc5c4)ccc3c2)[nH]1)C(C)C. The number of imidazole rings is 1. The van der Waals surface area contributed by atoms with Crippen molar-refractivity contribution in [2.75, 3.05) is 20.2 Å². The fraction of sp³-hybridized carbons (Fsp3) is 0.318. The van der Waals surface area contributed by atoms with Crippen molar-refractivity contribution in [3.63, 3.8) is 0 Å². The average Bonchev–Trinajstić information content (AvgIpc) is 4.03. The molecule has 0 radical (unpaired) electrons. The molecule has 3 amide bonds. The lowest BCUT2D eigenvalue weighted by Crippen LogP contribution is -2.51. The summed E-state index contributed by atoms with van der Waals surface area (Å²) in [6, 6.07) is 26.3. The van der Waals surface area contributed by atoms with E-state index in [4.69, 9.17) is 19.4 Å². The molecule has 13 nitrogen and oxygen atoms in total. The van der Waals surface area contributed by atoms with Crippen LogP contribution in [-0.2, 0) is 20.9 Å². The van der Waals surface area contributed by atoms with Gasteiger partial charge in [-0.1, -0.05) is 74.5 Å². The van der Waals surface area contributed by atoms with Crippen molar-refractivity contribution in [3.05, 3.63) is 119 Å². The number of H-pyrrole nitrogens is 2. The van der Waals surface area contributed by atoms with Gasteiger partial charge in [0.15, 0.2) is 0 Å². The zero-order chi connectivity index (χ0) is 39.6. The number of alkyl carbamates (subject to hydrolysis) is 1. The molecule has 6 aromatic rings. The Morgan fingerprint density at radius 1 is 0.825 bits per heavy atom. The molecule has 0 bridgehead atoms. The summed E-state index contributed by atoms with van der Waals surface area (Å²) in [6.07, 6.45) is 3.81. The van der Waals surface area contributed by atoms with Gasteiger partial charge in [0.25, 0.3) is 5.56 Å². The number of aromatic nitrogens is 4. The number of amides is 3. The maximum absolute atomic E-state index is 13.6. The monoisotopic (exact) mass is 767 g/mol. The number of benzene rings is 4. The number of methoxy groups -OCH3 is 1. The Morgan fingerprint density at radius 2 is 1.49 bits per heavy atom. The minimum atomic E-state index is -0.699. The predicted octanol–water partition coefficient (Wildman–Crippen LogP) is 7.65. The minimum absolute atomic E-state index is 0.115. The lowest BCUT2D eigenvalue weighted by Gasteiger charge is -2.30. The van der Waals surface area contributed by atoms with E-state index in [2.05, 4.69) is 45.6 Å². The van der Waals surface area contributed by atoms with E-state index in [1.807, 2.05) is 62.4 Å². The molecule has 2 aliphatic rings. The highest BCUT2D eigenvalue weighted by atomic mass is 16.6. The highest BCUT2D eigenvalue weighted by Crippen LogP contribution is 2.35. The number of carbonyl (C=O) groups excluding carboxylic acids is 3. The third-order valence-electron chi connectivity index (χ3n) is 11.1. The van der Waals surface area contributed by atoms with E-state index in [0.717, 1.165) is 58.0 Å². The molecule has 4 aromatic carbocycles. The fourth-order valence-electron chi connectivity index (χ4n) is 8.01. The maximum atomic E-state index is 13.6. The number of likely N-dealkylation sites (tertiary alicyclic amines) is 2. The summed E-state index contributed by atoms with van der Waals surface area (Å²) in [5, 5.41) is 5.25. The Balaban J connectivity index is 0.996. The lowest BCUT2D eigenvalue weighted by atomic mass is 9.98. The van der Waals surface area contributed by atoms with Gasteiger partial charge >= 0.3 is 12.2 Å². The molecule has 0 aliphatic carbocycles. The van der Waals surface area contributed by atoms with E-state index >= 15 is 0 Å². The van der Waals surface area contributed by atoms with Crippen molar-refractivity contribution in [2.24, 2.45) is 5.92 Å². The molecule has 2 aromatic heterocycles. The first-order valence-corrected chi connectivity index (χ1v) is 19.4. The Kier molecular flexibility index (Phi) is 10.5. The number of aromatic amines is 2. The summed E-state index contributed by atoms with van der Waals surface area (Å²) in [5.41, 5.74) is 4.91. The zero-order valence-corrected chi connectivity index (χ0v) is 32.2.